The molecule has 1 amide bonds. The zero-order chi connectivity index (χ0) is 17.2. The van der Waals surface area contributed by atoms with Gasteiger partial charge in [-0.2, -0.15) is 4.31 Å². The molecule has 1 unspecified atom stereocenters. The Morgan fingerprint density at radius 1 is 1.33 bits per heavy atom. The molecule has 1 aliphatic heterocycles. The van der Waals surface area contributed by atoms with Crippen molar-refractivity contribution >= 4 is 38.9 Å². The van der Waals surface area contributed by atoms with Crippen LogP contribution < -0.4 is 5.32 Å². The Balaban J connectivity index is 1.70. The molecular weight excluding hydrogens is 368 g/mol. The fourth-order valence-corrected chi connectivity index (χ4v) is 5.76. The molecule has 0 saturated carbocycles. The molecule has 1 aromatic heterocycles. The summed E-state index contributed by atoms with van der Waals surface area (Å²) in [5, 5.41) is 5.14. The first-order chi connectivity index (χ1) is 11.5. The molecule has 0 bridgehead atoms. The Labute approximate surface area is 150 Å². The lowest BCUT2D eigenvalue weighted by Crippen LogP contribution is -2.45. The van der Waals surface area contributed by atoms with E-state index in [-0.39, 0.29) is 10.1 Å². The summed E-state index contributed by atoms with van der Waals surface area (Å²) in [6, 6.07) is 9.82. The van der Waals surface area contributed by atoms with Crippen molar-refractivity contribution in [1.29, 1.82) is 0 Å². The molecule has 1 aromatic carbocycles. The topological polar surface area (TPSA) is 66.5 Å². The number of sulfonamides is 1. The lowest BCUT2D eigenvalue weighted by Gasteiger charge is -2.22. The van der Waals surface area contributed by atoms with Crippen LogP contribution in [0.4, 0.5) is 0 Å². The second-order valence-electron chi connectivity index (χ2n) is 5.55. The summed E-state index contributed by atoms with van der Waals surface area (Å²) in [6.45, 7) is 0.693. The van der Waals surface area contributed by atoms with E-state index in [1.54, 1.807) is 29.6 Å². The van der Waals surface area contributed by atoms with Crippen molar-refractivity contribution in [3.8, 4) is 0 Å². The number of carbonyl (C=O) groups excluding carboxylic acids is 1. The molecule has 1 saturated heterocycles. The van der Waals surface area contributed by atoms with Crippen LogP contribution in [-0.2, 0) is 21.4 Å². The molecule has 1 aliphatic rings. The van der Waals surface area contributed by atoms with Crippen molar-refractivity contribution in [3.05, 3.63) is 52.4 Å². The number of nitrogens with zero attached hydrogens (tertiary/aromatic N) is 1. The quantitative estimate of drug-likeness (QED) is 0.861. The molecule has 1 fully saturated rings. The molecule has 1 atom stereocenters. The van der Waals surface area contributed by atoms with Crippen molar-refractivity contribution in [2.75, 3.05) is 6.54 Å². The molecule has 3 rings (SSSR count). The highest BCUT2D eigenvalue weighted by molar-refractivity contribution is 7.91. The van der Waals surface area contributed by atoms with Gasteiger partial charge in [0.1, 0.15) is 10.3 Å². The average Bonchev–Trinajstić information content (AvgIpc) is 3.24. The lowest BCUT2D eigenvalue weighted by atomic mass is 10.2. The van der Waals surface area contributed by atoms with Crippen LogP contribution in [0.25, 0.3) is 0 Å². The van der Waals surface area contributed by atoms with Gasteiger partial charge in [0.25, 0.3) is 10.0 Å². The molecule has 8 heteroatoms. The molecule has 128 valence electrons. The molecule has 0 radical (unpaired) electrons. The molecule has 0 spiro atoms. The van der Waals surface area contributed by atoms with Crippen LogP contribution in [0, 0.1) is 0 Å². The summed E-state index contributed by atoms with van der Waals surface area (Å²) in [5.41, 5.74) is 0.876. The third kappa shape index (κ3) is 3.64. The van der Waals surface area contributed by atoms with Crippen molar-refractivity contribution in [2.45, 2.75) is 29.6 Å². The first kappa shape index (κ1) is 17.4. The molecule has 24 heavy (non-hydrogen) atoms. The van der Waals surface area contributed by atoms with Crippen LogP contribution in [0.5, 0.6) is 0 Å². The van der Waals surface area contributed by atoms with E-state index in [0.717, 1.165) is 5.56 Å². The second kappa shape index (κ2) is 7.23. The van der Waals surface area contributed by atoms with E-state index in [9.17, 15) is 13.2 Å². The molecule has 0 aliphatic carbocycles. The molecular formula is C16H17ClN2O3S2. The van der Waals surface area contributed by atoms with E-state index >= 15 is 0 Å². The number of benzene rings is 1. The van der Waals surface area contributed by atoms with Gasteiger partial charge in [-0.1, -0.05) is 29.8 Å². The predicted octanol–water partition coefficient (Wildman–Crippen LogP) is 2.87. The fraction of sp³-hybridized carbons (Fsp3) is 0.312. The minimum atomic E-state index is -3.61. The van der Waals surface area contributed by atoms with E-state index in [1.807, 2.05) is 12.1 Å². The highest BCUT2D eigenvalue weighted by atomic mass is 35.5. The summed E-state index contributed by atoms with van der Waals surface area (Å²) in [5.74, 6) is -0.271. The zero-order valence-electron chi connectivity index (χ0n) is 12.8. The fourth-order valence-electron chi connectivity index (χ4n) is 2.77. The zero-order valence-corrected chi connectivity index (χ0v) is 15.2. The molecule has 1 N–H and O–H groups in total. The van der Waals surface area contributed by atoms with Crippen LogP contribution in [-0.4, -0.2) is 31.2 Å². The third-order valence-corrected chi connectivity index (χ3v) is 7.44. The number of hydrogen-bond donors (Lipinski definition) is 1. The maximum atomic E-state index is 12.7. The van der Waals surface area contributed by atoms with Crippen LogP contribution in [0.2, 0.25) is 5.02 Å². The van der Waals surface area contributed by atoms with Gasteiger partial charge < -0.3 is 5.32 Å². The van der Waals surface area contributed by atoms with Crippen LogP contribution in [0.3, 0.4) is 0 Å². The van der Waals surface area contributed by atoms with Crippen LogP contribution in [0.1, 0.15) is 18.4 Å². The number of rotatable bonds is 5. The Bertz CT molecular complexity index is 822. The van der Waals surface area contributed by atoms with Crippen molar-refractivity contribution in [1.82, 2.24) is 9.62 Å². The van der Waals surface area contributed by atoms with E-state index in [4.69, 9.17) is 11.6 Å². The molecule has 5 nitrogen and oxygen atoms in total. The predicted molar refractivity (Wildman–Crippen MR) is 94.5 cm³/mol. The van der Waals surface area contributed by atoms with E-state index in [0.29, 0.717) is 31.0 Å². The van der Waals surface area contributed by atoms with E-state index in [1.165, 1.54) is 15.6 Å². The first-order valence-electron chi connectivity index (χ1n) is 7.56. The minimum absolute atomic E-state index is 0.271. The van der Waals surface area contributed by atoms with Gasteiger partial charge in [-0.3, -0.25) is 4.79 Å². The average molecular weight is 385 g/mol. The number of carbonyl (C=O) groups is 1. The summed E-state index contributed by atoms with van der Waals surface area (Å²) < 4.78 is 26.9. The standard InChI is InChI=1S/C16H17ClN2O3S2/c17-13-5-1-4-12(10-13)11-18-16(20)14-6-2-8-19(14)24(21,22)15-7-3-9-23-15/h1,3-5,7,9-10,14H,2,6,8,11H2,(H,18,20). The van der Waals surface area contributed by atoms with Gasteiger partial charge in [0.15, 0.2) is 0 Å². The Hall–Kier alpha value is -1.41. The summed E-state index contributed by atoms with van der Waals surface area (Å²) in [4.78, 5) is 12.5. The van der Waals surface area contributed by atoms with Gasteiger partial charge in [-0.25, -0.2) is 8.42 Å². The molecule has 2 heterocycles. The number of amides is 1. The van der Waals surface area contributed by atoms with Gasteiger partial charge in [0.2, 0.25) is 5.91 Å². The SMILES string of the molecule is O=C(NCc1cccc(Cl)c1)C1CCCN1S(=O)(=O)c1cccs1. The Morgan fingerprint density at radius 3 is 2.88 bits per heavy atom. The van der Waals surface area contributed by atoms with E-state index < -0.39 is 16.1 Å². The van der Waals surface area contributed by atoms with Gasteiger partial charge in [0.05, 0.1) is 0 Å². The van der Waals surface area contributed by atoms with Crippen molar-refractivity contribution in [3.63, 3.8) is 0 Å². The van der Waals surface area contributed by atoms with Crippen molar-refractivity contribution in [2.24, 2.45) is 0 Å². The summed E-state index contributed by atoms with van der Waals surface area (Å²) >= 11 is 7.09. The van der Waals surface area contributed by atoms with Gasteiger partial charge >= 0.3 is 0 Å². The summed E-state index contributed by atoms with van der Waals surface area (Å²) in [7, 11) is -3.61. The maximum absolute atomic E-state index is 12.7. The van der Waals surface area contributed by atoms with Gasteiger partial charge in [-0.15, -0.1) is 11.3 Å². The first-order valence-corrected chi connectivity index (χ1v) is 10.3. The third-order valence-electron chi connectivity index (χ3n) is 3.92. The Morgan fingerprint density at radius 2 is 2.17 bits per heavy atom. The van der Waals surface area contributed by atoms with E-state index in [2.05, 4.69) is 5.32 Å². The maximum Gasteiger partial charge on any atom is 0.253 e. The number of nitrogens with one attached hydrogen (secondary N) is 1. The Kier molecular flexibility index (Phi) is 5.24. The second-order valence-corrected chi connectivity index (χ2v) is 9.06. The number of hydrogen-bond acceptors (Lipinski definition) is 4. The highest BCUT2D eigenvalue weighted by Crippen LogP contribution is 2.28. The van der Waals surface area contributed by atoms with Gasteiger partial charge in [-0.05, 0) is 42.0 Å². The van der Waals surface area contributed by atoms with Crippen LogP contribution in [0.15, 0.2) is 46.0 Å². The lowest BCUT2D eigenvalue weighted by molar-refractivity contribution is -0.124. The number of halogens is 1. The highest BCUT2D eigenvalue weighted by Gasteiger charge is 2.39. The monoisotopic (exact) mass is 384 g/mol. The van der Waals surface area contributed by atoms with Crippen molar-refractivity contribution < 1.29 is 13.2 Å². The normalized spacial score (nSPS) is 18.6. The van der Waals surface area contributed by atoms with Gasteiger partial charge in [0, 0.05) is 18.1 Å². The number of thiophene rings is 1. The molecule has 2 aromatic rings. The smallest absolute Gasteiger partial charge is 0.253 e. The van der Waals surface area contributed by atoms with Crippen LogP contribution >= 0.6 is 22.9 Å². The largest absolute Gasteiger partial charge is 0.351 e. The minimum Gasteiger partial charge on any atom is -0.351 e. The summed E-state index contributed by atoms with van der Waals surface area (Å²) in [6.07, 6.45) is 1.21.